The summed E-state index contributed by atoms with van der Waals surface area (Å²) in [5.74, 6) is 0.185. The minimum atomic E-state index is -0.0963. The summed E-state index contributed by atoms with van der Waals surface area (Å²) in [5.41, 5.74) is 4.80. The van der Waals surface area contributed by atoms with E-state index in [4.69, 9.17) is 0 Å². The van der Waals surface area contributed by atoms with Crippen molar-refractivity contribution in [2.24, 2.45) is 5.92 Å². The van der Waals surface area contributed by atoms with E-state index >= 15 is 0 Å². The second kappa shape index (κ2) is 8.39. The van der Waals surface area contributed by atoms with Crippen LogP contribution in [0.2, 0.25) is 0 Å². The lowest BCUT2D eigenvalue weighted by molar-refractivity contribution is -0.134. The average Bonchev–Trinajstić information content (AvgIpc) is 3.32. The van der Waals surface area contributed by atoms with Crippen molar-refractivity contribution in [2.45, 2.75) is 50.6 Å². The molecule has 2 fully saturated rings. The number of hydrogen-bond acceptors (Lipinski definition) is 2. The van der Waals surface area contributed by atoms with Gasteiger partial charge in [-0.1, -0.05) is 73.5 Å². The van der Waals surface area contributed by atoms with Crippen molar-refractivity contribution in [3.8, 4) is 0 Å². The summed E-state index contributed by atoms with van der Waals surface area (Å²) in [5, 5.41) is 0. The van der Waals surface area contributed by atoms with E-state index in [0.717, 1.165) is 6.42 Å². The summed E-state index contributed by atoms with van der Waals surface area (Å²) in [6.07, 6.45) is 7.52. The van der Waals surface area contributed by atoms with Gasteiger partial charge in [0.1, 0.15) is 0 Å². The molecule has 0 radical (unpaired) electrons. The lowest BCUT2D eigenvalue weighted by Gasteiger charge is -2.42. The van der Waals surface area contributed by atoms with Gasteiger partial charge in [0.15, 0.2) is 0 Å². The number of nitrogens with zero attached hydrogens (tertiary/aromatic N) is 2. The highest BCUT2D eigenvalue weighted by molar-refractivity contribution is 6.23. The number of likely N-dealkylation sites (N-methyl/N-ethyl adjacent to an activating group) is 1. The Morgan fingerprint density at radius 1 is 0.800 bits per heavy atom. The van der Waals surface area contributed by atoms with Gasteiger partial charge in [-0.3, -0.25) is 9.69 Å². The number of amides is 1. The summed E-state index contributed by atoms with van der Waals surface area (Å²) in [4.78, 5) is 18.6. The summed E-state index contributed by atoms with van der Waals surface area (Å²) < 4.78 is 0. The Morgan fingerprint density at radius 3 is 1.90 bits per heavy atom. The van der Waals surface area contributed by atoms with Crippen molar-refractivity contribution >= 4 is 17.1 Å². The van der Waals surface area contributed by atoms with Gasteiger partial charge in [-0.25, -0.2) is 0 Å². The Kier molecular flexibility index (Phi) is 5.47. The van der Waals surface area contributed by atoms with Crippen molar-refractivity contribution in [3.63, 3.8) is 0 Å². The van der Waals surface area contributed by atoms with Gasteiger partial charge >= 0.3 is 0 Å². The quantitative estimate of drug-likeness (QED) is 0.698. The summed E-state index contributed by atoms with van der Waals surface area (Å²) in [6.45, 7) is 2.41. The van der Waals surface area contributed by atoms with Crippen LogP contribution in [0, 0.1) is 5.92 Å². The molecule has 1 saturated carbocycles. The number of carbonyl (C=O) groups is 1. The van der Waals surface area contributed by atoms with Crippen LogP contribution in [0.5, 0.6) is 0 Å². The SMILES string of the molecule is CN(C(=O)C1C(c2ccccc2)=C1c1ccccc1)[C@@H]1CCCC[C@H]1N1CCCC1. The first-order valence-corrected chi connectivity index (χ1v) is 11.6. The number of rotatable bonds is 5. The number of benzene rings is 2. The van der Waals surface area contributed by atoms with E-state index in [2.05, 4.69) is 65.4 Å². The van der Waals surface area contributed by atoms with Gasteiger partial charge in [-0.2, -0.15) is 0 Å². The molecule has 1 saturated heterocycles. The third-order valence-corrected chi connectivity index (χ3v) is 7.35. The lowest BCUT2D eigenvalue weighted by Crippen LogP contribution is -2.53. The van der Waals surface area contributed by atoms with Gasteiger partial charge in [-0.05, 0) is 61.0 Å². The van der Waals surface area contributed by atoms with E-state index in [0.29, 0.717) is 12.1 Å². The van der Waals surface area contributed by atoms with Crippen molar-refractivity contribution < 1.29 is 4.79 Å². The molecule has 2 atom stereocenters. The first-order chi connectivity index (χ1) is 14.8. The predicted molar refractivity (Wildman–Crippen MR) is 123 cm³/mol. The number of hydrogen-bond donors (Lipinski definition) is 0. The molecular formula is C27H32N2O. The van der Waals surface area contributed by atoms with E-state index in [9.17, 15) is 4.79 Å². The molecular weight excluding hydrogens is 368 g/mol. The zero-order chi connectivity index (χ0) is 20.5. The zero-order valence-electron chi connectivity index (χ0n) is 18.0. The largest absolute Gasteiger partial charge is 0.340 e. The maximum Gasteiger partial charge on any atom is 0.234 e. The van der Waals surface area contributed by atoms with Crippen LogP contribution in [-0.2, 0) is 4.79 Å². The fourth-order valence-corrected chi connectivity index (χ4v) is 5.76. The highest BCUT2D eigenvalue weighted by Gasteiger charge is 2.47. The van der Waals surface area contributed by atoms with Gasteiger partial charge in [0.25, 0.3) is 0 Å². The molecule has 0 N–H and O–H groups in total. The minimum absolute atomic E-state index is 0.0963. The molecule has 5 rings (SSSR count). The van der Waals surface area contributed by atoms with Gasteiger partial charge in [0.05, 0.1) is 5.92 Å². The van der Waals surface area contributed by atoms with Crippen LogP contribution in [0.25, 0.3) is 11.1 Å². The van der Waals surface area contributed by atoms with Crippen LogP contribution in [0.15, 0.2) is 60.7 Å². The lowest BCUT2D eigenvalue weighted by atomic mass is 9.88. The van der Waals surface area contributed by atoms with Gasteiger partial charge in [0.2, 0.25) is 5.91 Å². The summed E-state index contributed by atoms with van der Waals surface area (Å²) >= 11 is 0. The standard InChI is InChI=1S/C27H32N2O/c1-28(22-16-8-9-17-23(22)29-18-10-11-19-29)27(30)26-24(20-12-4-2-5-13-20)25(26)21-14-6-3-7-15-21/h2-7,12-15,22-23,26H,8-11,16-19H2,1H3/t22-,23-/m1/s1. The molecule has 156 valence electrons. The second-order valence-electron chi connectivity index (χ2n) is 9.10. The molecule has 1 aliphatic heterocycles. The third kappa shape index (κ3) is 3.60. The molecule has 1 heterocycles. The molecule has 3 nitrogen and oxygen atoms in total. The van der Waals surface area contributed by atoms with Crippen LogP contribution in [0.1, 0.15) is 49.7 Å². The average molecular weight is 401 g/mol. The van der Waals surface area contributed by atoms with Crippen LogP contribution in [-0.4, -0.2) is 47.9 Å². The maximum absolute atomic E-state index is 13.8. The molecule has 1 amide bonds. The highest BCUT2D eigenvalue weighted by Crippen LogP contribution is 2.54. The van der Waals surface area contributed by atoms with Gasteiger partial charge in [-0.15, -0.1) is 0 Å². The Balaban J connectivity index is 1.40. The second-order valence-corrected chi connectivity index (χ2v) is 9.10. The Bertz CT molecular complexity index is 865. The third-order valence-electron chi connectivity index (χ3n) is 7.35. The normalized spacial score (nSPS) is 24.8. The molecule has 0 unspecified atom stereocenters. The monoisotopic (exact) mass is 400 g/mol. The van der Waals surface area contributed by atoms with Crippen molar-refractivity contribution in [3.05, 3.63) is 71.8 Å². The van der Waals surface area contributed by atoms with Crippen molar-refractivity contribution in [1.82, 2.24) is 9.80 Å². The van der Waals surface area contributed by atoms with E-state index in [-0.39, 0.29) is 11.8 Å². The first kappa shape index (κ1) is 19.6. The van der Waals surface area contributed by atoms with Crippen molar-refractivity contribution in [1.29, 1.82) is 0 Å². The molecule has 2 aromatic carbocycles. The molecule has 30 heavy (non-hydrogen) atoms. The Morgan fingerprint density at radius 2 is 1.33 bits per heavy atom. The fourth-order valence-electron chi connectivity index (χ4n) is 5.76. The molecule has 0 bridgehead atoms. The van der Waals surface area contributed by atoms with Crippen LogP contribution in [0.3, 0.4) is 0 Å². The summed E-state index contributed by atoms with van der Waals surface area (Å²) in [6, 6.07) is 21.8. The summed E-state index contributed by atoms with van der Waals surface area (Å²) in [7, 11) is 2.06. The Hall–Kier alpha value is -2.39. The smallest absolute Gasteiger partial charge is 0.234 e. The van der Waals surface area contributed by atoms with Crippen LogP contribution in [0.4, 0.5) is 0 Å². The molecule has 3 aliphatic rings. The molecule has 2 aliphatic carbocycles. The maximum atomic E-state index is 13.8. The minimum Gasteiger partial charge on any atom is -0.340 e. The Labute approximate surface area is 180 Å². The zero-order valence-corrected chi connectivity index (χ0v) is 18.0. The van der Waals surface area contributed by atoms with E-state index < -0.39 is 0 Å². The van der Waals surface area contributed by atoms with Gasteiger partial charge in [0, 0.05) is 19.1 Å². The van der Waals surface area contributed by atoms with E-state index in [1.54, 1.807) is 0 Å². The fraction of sp³-hybridized carbons (Fsp3) is 0.444. The topological polar surface area (TPSA) is 23.6 Å². The molecule has 0 spiro atoms. The molecule has 3 heteroatoms. The van der Waals surface area contributed by atoms with Crippen LogP contribution < -0.4 is 0 Å². The van der Waals surface area contributed by atoms with Crippen molar-refractivity contribution in [2.75, 3.05) is 20.1 Å². The number of carbonyl (C=O) groups excluding carboxylic acids is 1. The van der Waals surface area contributed by atoms with Gasteiger partial charge < -0.3 is 4.90 Å². The van der Waals surface area contributed by atoms with Crippen LogP contribution >= 0.6 is 0 Å². The first-order valence-electron chi connectivity index (χ1n) is 11.6. The predicted octanol–water partition coefficient (Wildman–Crippen LogP) is 5.09. The number of likely N-dealkylation sites (tertiary alicyclic amines) is 1. The molecule has 2 aromatic rings. The highest BCUT2D eigenvalue weighted by atomic mass is 16.2. The van der Waals surface area contributed by atoms with E-state index in [1.807, 2.05) is 12.1 Å². The van der Waals surface area contributed by atoms with E-state index in [1.165, 1.54) is 67.5 Å². The molecule has 0 aromatic heterocycles.